The molecule has 204 valence electrons. The van der Waals surface area contributed by atoms with E-state index in [-0.39, 0.29) is 29.1 Å². The summed E-state index contributed by atoms with van der Waals surface area (Å²) in [6, 6.07) is 3.16. The third kappa shape index (κ3) is 8.44. The van der Waals surface area contributed by atoms with Crippen molar-refractivity contribution in [2.24, 2.45) is 10.9 Å². The number of amides is 1. The fourth-order valence-electron chi connectivity index (χ4n) is 3.87. The number of allylic oxidation sites excluding steroid dienone is 1. The highest BCUT2D eigenvalue weighted by Gasteiger charge is 2.32. The summed E-state index contributed by atoms with van der Waals surface area (Å²) in [5.74, 6) is -2.69. The number of rotatable bonds is 13. The van der Waals surface area contributed by atoms with Gasteiger partial charge in [-0.1, -0.05) is 26.3 Å². The quantitative estimate of drug-likeness (QED) is 0.135. The highest BCUT2D eigenvalue weighted by Crippen LogP contribution is 2.37. The number of ether oxygens (including phenoxy) is 4. The van der Waals surface area contributed by atoms with E-state index < -0.39 is 35.8 Å². The van der Waals surface area contributed by atoms with E-state index in [1.807, 2.05) is 13.8 Å². The maximum Gasteiger partial charge on any atom is 0.328 e. The minimum Gasteiger partial charge on any atom is -0.496 e. The average Bonchev–Trinajstić information content (AvgIpc) is 2.85. The van der Waals surface area contributed by atoms with Gasteiger partial charge in [0.1, 0.15) is 23.7 Å². The first-order chi connectivity index (χ1) is 17.4. The zero-order valence-corrected chi connectivity index (χ0v) is 22.7. The molecule has 1 amide bonds. The summed E-state index contributed by atoms with van der Waals surface area (Å²) in [7, 11) is 2.79. The van der Waals surface area contributed by atoms with Crippen LogP contribution in [-0.4, -0.2) is 50.9 Å². The molecule has 0 saturated carbocycles. The normalized spacial score (nSPS) is 15.3. The molecule has 0 aliphatic carbocycles. The van der Waals surface area contributed by atoms with Gasteiger partial charge in [-0.3, -0.25) is 14.6 Å². The van der Waals surface area contributed by atoms with Crippen LogP contribution in [-0.2, 0) is 28.6 Å². The predicted molar refractivity (Wildman–Crippen MR) is 137 cm³/mol. The van der Waals surface area contributed by atoms with Gasteiger partial charge in [0.15, 0.2) is 11.5 Å². The van der Waals surface area contributed by atoms with E-state index in [9.17, 15) is 18.8 Å². The van der Waals surface area contributed by atoms with Crippen molar-refractivity contribution in [1.82, 2.24) is 5.32 Å². The molecule has 0 spiro atoms. The molecule has 1 unspecified atom stereocenters. The van der Waals surface area contributed by atoms with Gasteiger partial charge < -0.3 is 24.3 Å². The molecule has 4 atom stereocenters. The van der Waals surface area contributed by atoms with Crippen molar-refractivity contribution >= 4 is 24.6 Å². The van der Waals surface area contributed by atoms with Crippen LogP contribution in [0.5, 0.6) is 5.75 Å². The number of carbonyl (C=O) groups excluding carboxylic acids is 3. The van der Waals surface area contributed by atoms with Crippen LogP contribution < -0.4 is 10.1 Å². The van der Waals surface area contributed by atoms with E-state index in [4.69, 9.17) is 18.9 Å². The predicted octanol–water partition coefficient (Wildman–Crippen LogP) is 4.43. The van der Waals surface area contributed by atoms with Gasteiger partial charge in [0, 0.05) is 24.5 Å². The molecule has 9 nitrogen and oxygen atoms in total. The van der Waals surface area contributed by atoms with Crippen LogP contribution in [0.2, 0.25) is 0 Å². The molecule has 0 aliphatic rings. The van der Waals surface area contributed by atoms with Gasteiger partial charge in [0.05, 0.1) is 14.2 Å². The molecule has 0 fully saturated rings. The van der Waals surface area contributed by atoms with Gasteiger partial charge in [-0.2, -0.15) is 0 Å². The Morgan fingerprint density at radius 3 is 2.32 bits per heavy atom. The van der Waals surface area contributed by atoms with Crippen molar-refractivity contribution in [3.63, 3.8) is 0 Å². The van der Waals surface area contributed by atoms with Crippen molar-refractivity contribution in [2.45, 2.75) is 66.0 Å². The standard InChI is InChI=1S/C27H37FN2O7/c1-10-15(3)23(20-13-12-19(28)14-22(20)35-9)17(5)36-27(33)16(4)30-26(32)24(29-7)25(37-18(6)31)21(11-2)34-8/h11-17,23H,7,10H2,1-6,8-9H3,(H,30,32)/b21-11+,25-24+/t15?,16-,17-,23-/m0/s1. The van der Waals surface area contributed by atoms with Crippen molar-refractivity contribution in [3.8, 4) is 5.75 Å². The maximum atomic E-state index is 13.8. The van der Waals surface area contributed by atoms with Crippen molar-refractivity contribution < 1.29 is 37.7 Å². The van der Waals surface area contributed by atoms with Gasteiger partial charge in [-0.25, -0.2) is 9.18 Å². The van der Waals surface area contributed by atoms with E-state index in [0.717, 1.165) is 13.3 Å². The molecule has 0 saturated heterocycles. The fraction of sp³-hybridized carbons (Fsp3) is 0.481. The summed E-state index contributed by atoms with van der Waals surface area (Å²) in [6.45, 7) is 13.3. The molecule has 1 aromatic rings. The summed E-state index contributed by atoms with van der Waals surface area (Å²) in [4.78, 5) is 41.1. The van der Waals surface area contributed by atoms with E-state index in [2.05, 4.69) is 17.0 Å². The largest absolute Gasteiger partial charge is 0.496 e. The van der Waals surface area contributed by atoms with Crippen LogP contribution >= 0.6 is 0 Å². The first-order valence-electron chi connectivity index (χ1n) is 11.9. The third-order valence-corrected chi connectivity index (χ3v) is 5.86. The zero-order valence-electron chi connectivity index (χ0n) is 22.7. The second-order valence-corrected chi connectivity index (χ2v) is 8.42. The number of benzene rings is 1. The zero-order chi connectivity index (χ0) is 28.3. The molecular weight excluding hydrogens is 483 g/mol. The lowest BCUT2D eigenvalue weighted by atomic mass is 9.81. The molecular formula is C27H37FN2O7. The Labute approximate surface area is 217 Å². The van der Waals surface area contributed by atoms with Crippen LogP contribution in [0.15, 0.2) is 46.5 Å². The number of esters is 2. The fourth-order valence-corrected chi connectivity index (χ4v) is 3.87. The second-order valence-electron chi connectivity index (χ2n) is 8.42. The summed E-state index contributed by atoms with van der Waals surface area (Å²) in [5.41, 5.74) is 0.368. The van der Waals surface area contributed by atoms with Crippen molar-refractivity contribution in [2.75, 3.05) is 14.2 Å². The smallest absolute Gasteiger partial charge is 0.328 e. The van der Waals surface area contributed by atoms with Crippen LogP contribution in [0.25, 0.3) is 0 Å². The Kier molecular flexibility index (Phi) is 12.5. The SMILES string of the molecule is C=N/C(C(=O)N[C@@H](C)C(=O)O[C@@H](C)[C@@H](c1ccc(F)cc1OC)C(C)CC)=C(OC(C)=O)\C(=C/C)OC. The topological polar surface area (TPSA) is 113 Å². The van der Waals surface area contributed by atoms with Gasteiger partial charge in [0.2, 0.25) is 5.76 Å². The third-order valence-electron chi connectivity index (χ3n) is 5.86. The number of hydrogen-bond acceptors (Lipinski definition) is 8. The minimum absolute atomic E-state index is 0.0612. The van der Waals surface area contributed by atoms with Gasteiger partial charge in [-0.05, 0) is 45.5 Å². The van der Waals surface area contributed by atoms with Crippen LogP contribution in [0, 0.1) is 11.7 Å². The molecule has 37 heavy (non-hydrogen) atoms. The van der Waals surface area contributed by atoms with E-state index >= 15 is 0 Å². The molecule has 0 radical (unpaired) electrons. The number of methoxy groups -OCH3 is 2. The Bertz CT molecular complexity index is 1050. The number of aliphatic imine (C=N–C) groups is 1. The lowest BCUT2D eigenvalue weighted by Crippen LogP contribution is -2.42. The lowest BCUT2D eigenvalue weighted by Gasteiger charge is -2.31. The minimum atomic E-state index is -1.09. The molecule has 1 aromatic carbocycles. The Morgan fingerprint density at radius 2 is 1.84 bits per heavy atom. The first kappa shape index (κ1) is 31.3. The van der Waals surface area contributed by atoms with Gasteiger partial charge in [0.25, 0.3) is 5.91 Å². The number of nitrogens with zero attached hydrogens (tertiary/aromatic N) is 1. The molecule has 10 heteroatoms. The van der Waals surface area contributed by atoms with E-state index in [1.165, 1.54) is 39.4 Å². The molecule has 0 aromatic heterocycles. The molecule has 1 N–H and O–H groups in total. The van der Waals surface area contributed by atoms with Crippen LogP contribution in [0.1, 0.15) is 59.4 Å². The number of carbonyl (C=O) groups is 3. The van der Waals surface area contributed by atoms with Crippen LogP contribution in [0.3, 0.4) is 0 Å². The molecule has 0 aliphatic heterocycles. The van der Waals surface area contributed by atoms with Crippen molar-refractivity contribution in [3.05, 3.63) is 52.9 Å². The molecule has 0 bridgehead atoms. The van der Waals surface area contributed by atoms with Crippen LogP contribution in [0.4, 0.5) is 4.39 Å². The highest BCUT2D eigenvalue weighted by atomic mass is 19.1. The number of nitrogens with one attached hydrogen (secondary N) is 1. The van der Waals surface area contributed by atoms with Crippen molar-refractivity contribution in [1.29, 1.82) is 0 Å². The number of hydrogen-bond donors (Lipinski definition) is 1. The molecule has 1 rings (SSSR count). The second kappa shape index (κ2) is 14.8. The summed E-state index contributed by atoms with van der Waals surface area (Å²) in [5, 5.41) is 2.49. The summed E-state index contributed by atoms with van der Waals surface area (Å²) < 4.78 is 35.2. The Balaban J connectivity index is 3.19. The van der Waals surface area contributed by atoms with E-state index in [0.29, 0.717) is 11.3 Å². The van der Waals surface area contributed by atoms with Gasteiger partial charge >= 0.3 is 11.9 Å². The Morgan fingerprint density at radius 1 is 1.19 bits per heavy atom. The Hall–Kier alpha value is -3.69. The lowest BCUT2D eigenvalue weighted by molar-refractivity contribution is -0.153. The maximum absolute atomic E-state index is 13.8. The average molecular weight is 521 g/mol. The monoisotopic (exact) mass is 520 g/mol. The number of halogens is 1. The molecule has 0 heterocycles. The first-order valence-corrected chi connectivity index (χ1v) is 11.9. The summed E-state index contributed by atoms with van der Waals surface area (Å²) in [6.07, 6.45) is 1.62. The van der Waals surface area contributed by atoms with E-state index in [1.54, 1.807) is 19.9 Å². The summed E-state index contributed by atoms with van der Waals surface area (Å²) >= 11 is 0. The van der Waals surface area contributed by atoms with Gasteiger partial charge in [-0.15, -0.1) is 0 Å². The highest BCUT2D eigenvalue weighted by molar-refractivity contribution is 5.97.